The van der Waals surface area contributed by atoms with Crippen molar-refractivity contribution >= 4 is 11.6 Å². The number of Topliss-reactive ketones (excluding diaryl/α,β-unsaturated/α-hetero) is 1. The van der Waals surface area contributed by atoms with Crippen molar-refractivity contribution in [3.8, 4) is 28.5 Å². The second-order valence-electron chi connectivity index (χ2n) is 8.22. The number of nitrogens with zero attached hydrogens (tertiary/aromatic N) is 3. The largest absolute Gasteiger partial charge is 0.496 e. The molecule has 0 aliphatic carbocycles. The Kier molecular flexibility index (Phi) is 5.17. The number of carbonyl (C=O) groups is 1. The average molecular weight is 431 g/mol. The highest BCUT2D eigenvalue weighted by Crippen LogP contribution is 2.45. The minimum atomic E-state index is -0.518. The highest BCUT2D eigenvalue weighted by Gasteiger charge is 2.44. The third-order valence-corrected chi connectivity index (χ3v) is 6.30. The summed E-state index contributed by atoms with van der Waals surface area (Å²) in [5.41, 5.74) is 1.88. The van der Waals surface area contributed by atoms with Gasteiger partial charge in [0.05, 0.1) is 26.3 Å². The fourth-order valence-electron chi connectivity index (χ4n) is 4.53. The first-order chi connectivity index (χ1) is 15.6. The standard InChI is InChI=1S/C25H25N3O4/c1-30-18-14-21(31-2)24-20(29)16-25(32-22(24)15-18)10-12-28(13-11-25)23-9-8-19(26-27-23)17-6-4-3-5-7-17/h3-9,14-15H,10-13,16H2,1-2H3. The van der Waals surface area contributed by atoms with Crippen molar-refractivity contribution in [3.63, 3.8) is 0 Å². The van der Waals surface area contributed by atoms with Crippen molar-refractivity contribution in [3.05, 3.63) is 60.2 Å². The number of benzene rings is 2. The third kappa shape index (κ3) is 3.64. The minimum Gasteiger partial charge on any atom is -0.496 e. The maximum atomic E-state index is 13.0. The molecule has 5 rings (SSSR count). The van der Waals surface area contributed by atoms with Gasteiger partial charge in [0.1, 0.15) is 28.4 Å². The monoisotopic (exact) mass is 431 g/mol. The third-order valence-electron chi connectivity index (χ3n) is 6.30. The van der Waals surface area contributed by atoms with E-state index in [4.69, 9.17) is 14.2 Å². The van der Waals surface area contributed by atoms with Crippen molar-refractivity contribution < 1.29 is 19.0 Å². The molecule has 3 aromatic rings. The Hall–Kier alpha value is -3.61. The molecule has 0 atom stereocenters. The van der Waals surface area contributed by atoms with Gasteiger partial charge in [-0.05, 0) is 12.1 Å². The van der Waals surface area contributed by atoms with Gasteiger partial charge < -0.3 is 19.1 Å². The van der Waals surface area contributed by atoms with E-state index in [1.807, 2.05) is 42.5 Å². The van der Waals surface area contributed by atoms with Gasteiger partial charge in [-0.1, -0.05) is 30.3 Å². The highest BCUT2D eigenvalue weighted by molar-refractivity contribution is 6.03. The molecule has 7 nitrogen and oxygen atoms in total. The van der Waals surface area contributed by atoms with Gasteiger partial charge in [-0.25, -0.2) is 0 Å². The maximum Gasteiger partial charge on any atom is 0.174 e. The number of ether oxygens (including phenoxy) is 3. The molecule has 3 heterocycles. The highest BCUT2D eigenvalue weighted by atomic mass is 16.5. The van der Waals surface area contributed by atoms with Gasteiger partial charge in [0, 0.05) is 43.6 Å². The zero-order valence-corrected chi connectivity index (χ0v) is 18.2. The first kappa shape index (κ1) is 20.3. The first-order valence-electron chi connectivity index (χ1n) is 10.7. The zero-order valence-electron chi connectivity index (χ0n) is 18.2. The molecule has 2 aliphatic rings. The molecule has 0 N–H and O–H groups in total. The van der Waals surface area contributed by atoms with Crippen LogP contribution in [-0.2, 0) is 0 Å². The van der Waals surface area contributed by atoms with E-state index in [1.165, 1.54) is 0 Å². The zero-order chi connectivity index (χ0) is 22.1. The normalized spacial score (nSPS) is 16.9. The number of rotatable bonds is 4. The van der Waals surface area contributed by atoms with E-state index >= 15 is 0 Å². The Morgan fingerprint density at radius 2 is 1.75 bits per heavy atom. The Morgan fingerprint density at radius 3 is 2.41 bits per heavy atom. The van der Waals surface area contributed by atoms with Crippen LogP contribution in [0.15, 0.2) is 54.6 Å². The second kappa shape index (κ2) is 8.15. The summed E-state index contributed by atoms with van der Waals surface area (Å²) in [4.78, 5) is 15.2. The van der Waals surface area contributed by atoms with Gasteiger partial charge in [-0.2, -0.15) is 0 Å². The molecule has 1 saturated heterocycles. The molecular formula is C25H25N3O4. The maximum absolute atomic E-state index is 13.0. The van der Waals surface area contributed by atoms with Crippen molar-refractivity contribution in [2.45, 2.75) is 24.9 Å². The molecule has 0 saturated carbocycles. The van der Waals surface area contributed by atoms with Crippen molar-refractivity contribution in [1.82, 2.24) is 10.2 Å². The number of methoxy groups -OCH3 is 2. The van der Waals surface area contributed by atoms with E-state index in [0.717, 1.165) is 43.0 Å². The van der Waals surface area contributed by atoms with Crippen LogP contribution in [0.4, 0.5) is 5.82 Å². The van der Waals surface area contributed by atoms with Crippen molar-refractivity contribution in [2.24, 2.45) is 0 Å². The number of hydrogen-bond acceptors (Lipinski definition) is 7. The number of anilines is 1. The van der Waals surface area contributed by atoms with Crippen LogP contribution in [0.3, 0.4) is 0 Å². The van der Waals surface area contributed by atoms with Crippen LogP contribution < -0.4 is 19.1 Å². The fraction of sp³-hybridized carbons (Fsp3) is 0.320. The summed E-state index contributed by atoms with van der Waals surface area (Å²) in [6.45, 7) is 1.48. The molecule has 1 aromatic heterocycles. The van der Waals surface area contributed by atoms with Crippen LogP contribution >= 0.6 is 0 Å². The molecule has 1 fully saturated rings. The number of piperidine rings is 1. The molecule has 2 aromatic carbocycles. The lowest BCUT2D eigenvalue weighted by Gasteiger charge is -2.44. The van der Waals surface area contributed by atoms with E-state index in [2.05, 4.69) is 15.1 Å². The summed E-state index contributed by atoms with van der Waals surface area (Å²) >= 11 is 0. The Balaban J connectivity index is 1.32. The number of aromatic nitrogens is 2. The van der Waals surface area contributed by atoms with Gasteiger partial charge in [-0.3, -0.25) is 4.79 Å². The van der Waals surface area contributed by atoms with E-state index in [1.54, 1.807) is 26.4 Å². The summed E-state index contributed by atoms with van der Waals surface area (Å²) in [5.74, 6) is 2.52. The van der Waals surface area contributed by atoms with Gasteiger partial charge in [0.25, 0.3) is 0 Å². The lowest BCUT2D eigenvalue weighted by atomic mass is 9.82. The molecule has 2 aliphatic heterocycles. The number of carbonyl (C=O) groups excluding carboxylic acids is 1. The lowest BCUT2D eigenvalue weighted by Crippen LogP contribution is -2.51. The van der Waals surface area contributed by atoms with E-state index in [-0.39, 0.29) is 5.78 Å². The molecule has 32 heavy (non-hydrogen) atoms. The molecule has 0 amide bonds. The predicted octanol–water partition coefficient (Wildman–Crippen LogP) is 4.17. The molecular weight excluding hydrogens is 406 g/mol. The average Bonchev–Trinajstić information content (AvgIpc) is 2.84. The molecule has 0 unspecified atom stereocenters. The van der Waals surface area contributed by atoms with Crippen LogP contribution in [0, 0.1) is 0 Å². The molecule has 1 spiro atoms. The van der Waals surface area contributed by atoms with Gasteiger partial charge in [0.2, 0.25) is 0 Å². The lowest BCUT2D eigenvalue weighted by molar-refractivity contribution is 0.0224. The SMILES string of the molecule is COc1cc(OC)c2c(c1)OC1(CCN(c3ccc(-c4ccccc4)nn3)CC1)CC2=O. The second-order valence-corrected chi connectivity index (χ2v) is 8.22. The Labute approximate surface area is 186 Å². The number of hydrogen-bond donors (Lipinski definition) is 0. The van der Waals surface area contributed by atoms with Crippen LogP contribution in [0.25, 0.3) is 11.3 Å². The smallest absolute Gasteiger partial charge is 0.174 e. The predicted molar refractivity (Wildman–Crippen MR) is 121 cm³/mol. The van der Waals surface area contributed by atoms with Crippen LogP contribution in [0.2, 0.25) is 0 Å². The summed E-state index contributed by atoms with van der Waals surface area (Å²) in [6, 6.07) is 17.5. The summed E-state index contributed by atoms with van der Waals surface area (Å²) in [5, 5.41) is 8.85. The van der Waals surface area contributed by atoms with Crippen molar-refractivity contribution in [2.75, 3.05) is 32.2 Å². The van der Waals surface area contributed by atoms with Crippen LogP contribution in [0.5, 0.6) is 17.2 Å². The molecule has 164 valence electrons. The number of ketones is 1. The quantitative estimate of drug-likeness (QED) is 0.614. The molecule has 7 heteroatoms. The summed E-state index contributed by atoms with van der Waals surface area (Å²) in [7, 11) is 3.14. The summed E-state index contributed by atoms with van der Waals surface area (Å²) in [6.07, 6.45) is 1.79. The van der Waals surface area contributed by atoms with E-state index < -0.39 is 5.60 Å². The molecule has 0 radical (unpaired) electrons. The van der Waals surface area contributed by atoms with E-state index in [0.29, 0.717) is 29.2 Å². The fourth-order valence-corrected chi connectivity index (χ4v) is 4.53. The minimum absolute atomic E-state index is 0.0474. The number of fused-ring (bicyclic) bond motifs is 1. The topological polar surface area (TPSA) is 73.8 Å². The summed E-state index contributed by atoms with van der Waals surface area (Å²) < 4.78 is 17.2. The van der Waals surface area contributed by atoms with E-state index in [9.17, 15) is 4.79 Å². The van der Waals surface area contributed by atoms with Crippen LogP contribution in [0.1, 0.15) is 29.6 Å². The van der Waals surface area contributed by atoms with Crippen molar-refractivity contribution in [1.29, 1.82) is 0 Å². The Morgan fingerprint density at radius 1 is 0.969 bits per heavy atom. The Bertz CT molecular complexity index is 1120. The molecule has 0 bridgehead atoms. The van der Waals surface area contributed by atoms with Crippen LogP contribution in [-0.4, -0.2) is 48.9 Å². The van der Waals surface area contributed by atoms with Gasteiger partial charge in [-0.15, -0.1) is 10.2 Å². The first-order valence-corrected chi connectivity index (χ1v) is 10.7. The van der Waals surface area contributed by atoms with Gasteiger partial charge >= 0.3 is 0 Å². The van der Waals surface area contributed by atoms with Gasteiger partial charge in [0.15, 0.2) is 11.6 Å².